The minimum atomic E-state index is -0.880. The van der Waals surface area contributed by atoms with E-state index >= 15 is 0 Å². The van der Waals surface area contributed by atoms with Gasteiger partial charge < -0.3 is 15.3 Å². The van der Waals surface area contributed by atoms with Crippen LogP contribution in [0.25, 0.3) is 0 Å². The predicted octanol–water partition coefficient (Wildman–Crippen LogP) is 3.85. The van der Waals surface area contributed by atoms with E-state index in [1.54, 1.807) is 12.3 Å². The first-order chi connectivity index (χ1) is 13.2. The number of hydrogen-bond acceptors (Lipinski definition) is 5. The number of hydrogen-bond donors (Lipinski definition) is 2. The van der Waals surface area contributed by atoms with Crippen LogP contribution in [0.3, 0.4) is 0 Å². The van der Waals surface area contributed by atoms with Gasteiger partial charge in [-0.2, -0.15) is 0 Å². The van der Waals surface area contributed by atoms with Gasteiger partial charge in [-0.25, -0.2) is 9.78 Å². The molecule has 2 aromatic rings. The summed E-state index contributed by atoms with van der Waals surface area (Å²) in [5.74, 6) is -0.203. The maximum absolute atomic E-state index is 12.5. The molecule has 1 aliphatic heterocycles. The van der Waals surface area contributed by atoms with Gasteiger partial charge in [0.2, 0.25) is 0 Å². The first kappa shape index (κ1) is 20.6. The number of carbonyl (C=O) groups is 2. The van der Waals surface area contributed by atoms with Crippen molar-refractivity contribution < 1.29 is 14.7 Å². The van der Waals surface area contributed by atoms with Gasteiger partial charge in [0.1, 0.15) is 4.88 Å². The molecule has 0 radical (unpaired) electrons. The van der Waals surface area contributed by atoms with Crippen molar-refractivity contribution in [2.45, 2.75) is 33.4 Å². The predicted molar refractivity (Wildman–Crippen MR) is 110 cm³/mol. The fourth-order valence-corrected chi connectivity index (χ4v) is 4.30. The highest BCUT2D eigenvalue weighted by molar-refractivity contribution is 7.13. The van der Waals surface area contributed by atoms with E-state index in [9.17, 15) is 14.7 Å². The summed E-state index contributed by atoms with van der Waals surface area (Å²) < 4.78 is 0. The molecule has 1 aromatic carbocycles. The summed E-state index contributed by atoms with van der Waals surface area (Å²) in [6.07, 6.45) is 0.689. The van der Waals surface area contributed by atoms with E-state index in [1.165, 1.54) is 16.2 Å². The van der Waals surface area contributed by atoms with Crippen molar-refractivity contribution in [2.75, 3.05) is 25.0 Å². The van der Waals surface area contributed by atoms with Gasteiger partial charge in [0.15, 0.2) is 0 Å². The molecule has 1 fully saturated rings. The molecular weight excluding hydrogens is 400 g/mol. The molecule has 3 rings (SSSR count). The highest BCUT2D eigenvalue weighted by atomic mass is 35.5. The third kappa shape index (κ3) is 4.63. The van der Waals surface area contributed by atoms with Gasteiger partial charge in [-0.05, 0) is 44.0 Å². The summed E-state index contributed by atoms with van der Waals surface area (Å²) in [4.78, 5) is 32.1. The van der Waals surface area contributed by atoms with Crippen molar-refractivity contribution in [1.29, 1.82) is 0 Å². The number of anilines is 1. The number of carbonyl (C=O) groups excluding carboxylic acids is 1. The zero-order valence-electron chi connectivity index (χ0n) is 16.0. The number of aromatic nitrogens is 1. The number of rotatable bonds is 4. The minimum Gasteiger partial charge on any atom is -0.465 e. The molecule has 7 nitrogen and oxygen atoms in total. The second-order valence-electron chi connectivity index (χ2n) is 7.00. The number of nitrogens with zero attached hydrogens (tertiary/aromatic N) is 3. The quantitative estimate of drug-likeness (QED) is 0.781. The zero-order valence-corrected chi connectivity index (χ0v) is 17.6. The minimum absolute atomic E-state index is 0.0699. The van der Waals surface area contributed by atoms with Crippen molar-refractivity contribution in [2.24, 2.45) is 0 Å². The Morgan fingerprint density at radius 1 is 1.36 bits per heavy atom. The number of halogens is 1. The van der Waals surface area contributed by atoms with Crippen LogP contribution < -0.4 is 5.32 Å². The van der Waals surface area contributed by atoms with Gasteiger partial charge in [0, 0.05) is 42.9 Å². The summed E-state index contributed by atoms with van der Waals surface area (Å²) >= 11 is 7.64. The third-order valence-corrected chi connectivity index (χ3v) is 6.05. The number of piperazine rings is 1. The molecule has 1 saturated heterocycles. The van der Waals surface area contributed by atoms with E-state index in [0.29, 0.717) is 41.8 Å². The van der Waals surface area contributed by atoms with E-state index in [0.717, 1.165) is 16.1 Å². The van der Waals surface area contributed by atoms with Gasteiger partial charge >= 0.3 is 6.09 Å². The van der Waals surface area contributed by atoms with Gasteiger partial charge in [-0.1, -0.05) is 11.6 Å². The zero-order chi connectivity index (χ0) is 20.4. The van der Waals surface area contributed by atoms with Crippen LogP contribution in [0, 0.1) is 13.8 Å². The van der Waals surface area contributed by atoms with Crippen LogP contribution in [-0.4, -0.2) is 57.6 Å². The SMILES string of the molecule is Cc1ncc(C(=O)Nc2cc(Cl)cc(CN3CCN(C(=O)O)C(C)C3)c2C)s1. The molecule has 2 amide bonds. The summed E-state index contributed by atoms with van der Waals surface area (Å²) in [6, 6.07) is 3.58. The standard InChI is InChI=1S/C19H23ClN4O3S/c1-11-9-23(4-5-24(11)19(26)27)10-14-6-15(20)7-16(12(14)2)22-18(25)17-8-21-13(3)28-17/h6-8,11H,4-5,9-10H2,1-3H3,(H,22,25)(H,26,27). The highest BCUT2D eigenvalue weighted by Crippen LogP contribution is 2.27. The second-order valence-corrected chi connectivity index (χ2v) is 8.67. The molecule has 0 aliphatic carbocycles. The number of nitrogens with one attached hydrogen (secondary N) is 1. The number of aryl methyl sites for hydroxylation is 1. The van der Waals surface area contributed by atoms with Crippen LogP contribution in [0.4, 0.5) is 10.5 Å². The lowest BCUT2D eigenvalue weighted by Crippen LogP contribution is -2.53. The van der Waals surface area contributed by atoms with Crippen molar-refractivity contribution in [3.63, 3.8) is 0 Å². The highest BCUT2D eigenvalue weighted by Gasteiger charge is 2.27. The third-order valence-electron chi connectivity index (χ3n) is 4.92. The fourth-order valence-electron chi connectivity index (χ4n) is 3.38. The molecular formula is C19H23ClN4O3S. The largest absolute Gasteiger partial charge is 0.465 e. The number of amides is 2. The Kier molecular flexibility index (Phi) is 6.22. The van der Waals surface area contributed by atoms with E-state index in [4.69, 9.17) is 11.6 Å². The Balaban J connectivity index is 1.74. The van der Waals surface area contributed by atoms with Gasteiger partial charge in [-0.15, -0.1) is 11.3 Å². The summed E-state index contributed by atoms with van der Waals surface area (Å²) in [5, 5.41) is 13.5. The normalized spacial score (nSPS) is 17.6. The van der Waals surface area contributed by atoms with Crippen LogP contribution in [-0.2, 0) is 6.54 Å². The topological polar surface area (TPSA) is 85.8 Å². The van der Waals surface area contributed by atoms with Crippen molar-refractivity contribution in [3.05, 3.63) is 44.4 Å². The molecule has 2 N–H and O–H groups in total. The molecule has 2 heterocycles. The Morgan fingerprint density at radius 2 is 2.11 bits per heavy atom. The maximum Gasteiger partial charge on any atom is 0.407 e. The Labute approximate surface area is 172 Å². The molecule has 1 aromatic heterocycles. The first-order valence-corrected chi connectivity index (χ1v) is 10.2. The van der Waals surface area contributed by atoms with E-state index in [-0.39, 0.29) is 11.9 Å². The first-order valence-electron chi connectivity index (χ1n) is 8.99. The van der Waals surface area contributed by atoms with Gasteiger partial charge in [0.25, 0.3) is 5.91 Å². The van der Waals surface area contributed by atoms with E-state index in [1.807, 2.05) is 26.8 Å². The lowest BCUT2D eigenvalue weighted by Gasteiger charge is -2.38. The van der Waals surface area contributed by atoms with Crippen molar-refractivity contribution in [1.82, 2.24) is 14.8 Å². The lowest BCUT2D eigenvalue weighted by atomic mass is 10.0. The average Bonchev–Trinajstić information content (AvgIpc) is 3.05. The van der Waals surface area contributed by atoms with E-state index < -0.39 is 6.09 Å². The summed E-state index contributed by atoms with van der Waals surface area (Å²) in [7, 11) is 0. The Hall–Kier alpha value is -2.16. The second kappa shape index (κ2) is 8.46. The lowest BCUT2D eigenvalue weighted by molar-refractivity contribution is 0.0710. The molecule has 1 atom stereocenters. The molecule has 1 aliphatic rings. The molecule has 0 saturated carbocycles. The fraction of sp³-hybridized carbons (Fsp3) is 0.421. The monoisotopic (exact) mass is 422 g/mol. The van der Waals surface area contributed by atoms with Crippen LogP contribution >= 0.6 is 22.9 Å². The molecule has 150 valence electrons. The maximum atomic E-state index is 12.5. The smallest absolute Gasteiger partial charge is 0.407 e. The Bertz CT molecular complexity index is 901. The average molecular weight is 423 g/mol. The van der Waals surface area contributed by atoms with Crippen molar-refractivity contribution >= 4 is 40.6 Å². The van der Waals surface area contributed by atoms with Crippen LogP contribution in [0.15, 0.2) is 18.3 Å². The van der Waals surface area contributed by atoms with E-state index in [2.05, 4.69) is 15.2 Å². The summed E-state index contributed by atoms with van der Waals surface area (Å²) in [6.45, 7) is 8.15. The Morgan fingerprint density at radius 3 is 2.71 bits per heavy atom. The van der Waals surface area contributed by atoms with Gasteiger partial charge in [-0.3, -0.25) is 9.69 Å². The summed E-state index contributed by atoms with van der Waals surface area (Å²) in [5.41, 5.74) is 2.64. The molecule has 0 bridgehead atoms. The number of thiazole rings is 1. The van der Waals surface area contributed by atoms with Crippen LogP contribution in [0.2, 0.25) is 5.02 Å². The number of benzene rings is 1. The van der Waals surface area contributed by atoms with Crippen molar-refractivity contribution in [3.8, 4) is 0 Å². The van der Waals surface area contributed by atoms with Crippen LogP contribution in [0.1, 0.15) is 32.7 Å². The molecule has 0 spiro atoms. The van der Waals surface area contributed by atoms with Gasteiger partial charge in [0.05, 0.1) is 11.2 Å². The number of carboxylic acid groups (broad SMARTS) is 1. The van der Waals surface area contributed by atoms with Crippen LogP contribution in [0.5, 0.6) is 0 Å². The molecule has 1 unspecified atom stereocenters. The molecule has 9 heteroatoms. The molecule has 28 heavy (non-hydrogen) atoms.